The zero-order valence-electron chi connectivity index (χ0n) is 11.2. The molecule has 0 aromatic rings. The van der Waals surface area contributed by atoms with Crippen LogP contribution in [0.4, 0.5) is 0 Å². The van der Waals surface area contributed by atoms with Crippen molar-refractivity contribution < 1.29 is 23.1 Å². The normalized spacial score (nSPS) is 13.8. The van der Waals surface area contributed by atoms with Gasteiger partial charge in [0.1, 0.15) is 0 Å². The van der Waals surface area contributed by atoms with E-state index in [0.717, 1.165) is 0 Å². The van der Waals surface area contributed by atoms with E-state index in [1.165, 1.54) is 0 Å². The van der Waals surface area contributed by atoms with Crippen LogP contribution < -0.4 is 4.72 Å². The summed E-state index contributed by atoms with van der Waals surface area (Å²) in [6, 6.07) is 0. The number of aliphatic carboxylic acids is 1. The number of nitrogens with one attached hydrogen (secondary N) is 1. The van der Waals surface area contributed by atoms with Crippen LogP contribution in [0.25, 0.3) is 0 Å². The van der Waals surface area contributed by atoms with E-state index in [0.29, 0.717) is 12.8 Å². The van der Waals surface area contributed by atoms with Gasteiger partial charge in [0.2, 0.25) is 10.0 Å². The number of ether oxygens (including phenoxy) is 1. The lowest BCUT2D eigenvalue weighted by atomic mass is 10.1. The van der Waals surface area contributed by atoms with E-state index in [1.807, 2.05) is 13.8 Å². The lowest BCUT2D eigenvalue weighted by molar-refractivity contribution is -0.141. The van der Waals surface area contributed by atoms with Gasteiger partial charge in [0.05, 0.1) is 24.4 Å². The quantitative estimate of drug-likeness (QED) is 0.579. The molecule has 0 amide bonds. The van der Waals surface area contributed by atoms with Crippen LogP contribution in [0.1, 0.15) is 33.6 Å². The first kappa shape index (κ1) is 17.3. The van der Waals surface area contributed by atoms with Crippen molar-refractivity contribution in [2.24, 2.45) is 5.92 Å². The summed E-state index contributed by atoms with van der Waals surface area (Å²) in [4.78, 5) is 10.5. The minimum absolute atomic E-state index is 0.0108. The molecule has 0 spiro atoms. The first-order chi connectivity index (χ1) is 8.24. The summed E-state index contributed by atoms with van der Waals surface area (Å²) in [6.07, 6.45) is 0.981. The van der Waals surface area contributed by atoms with Crippen molar-refractivity contribution in [1.29, 1.82) is 0 Å². The highest BCUT2D eigenvalue weighted by Gasteiger charge is 2.12. The number of carboxylic acids is 1. The summed E-state index contributed by atoms with van der Waals surface area (Å²) in [5.41, 5.74) is 0. The largest absolute Gasteiger partial charge is 0.481 e. The van der Waals surface area contributed by atoms with Gasteiger partial charge in [0, 0.05) is 6.54 Å². The fourth-order valence-electron chi connectivity index (χ4n) is 1.23. The van der Waals surface area contributed by atoms with Crippen molar-refractivity contribution in [1.82, 2.24) is 4.72 Å². The Bertz CT molecular complexity index is 339. The number of carboxylic acid groups (broad SMARTS) is 1. The maximum Gasteiger partial charge on any atom is 0.306 e. The molecule has 0 saturated carbocycles. The predicted molar refractivity (Wildman–Crippen MR) is 68.9 cm³/mol. The smallest absolute Gasteiger partial charge is 0.306 e. The van der Waals surface area contributed by atoms with Gasteiger partial charge in [-0.2, -0.15) is 0 Å². The highest BCUT2D eigenvalue weighted by molar-refractivity contribution is 7.89. The molecule has 0 aromatic heterocycles. The van der Waals surface area contributed by atoms with Gasteiger partial charge in [-0.3, -0.25) is 4.79 Å². The van der Waals surface area contributed by atoms with E-state index in [4.69, 9.17) is 9.84 Å². The van der Waals surface area contributed by atoms with Gasteiger partial charge >= 0.3 is 5.97 Å². The number of carbonyl (C=O) groups is 1. The molecule has 0 aliphatic carbocycles. The molecule has 18 heavy (non-hydrogen) atoms. The topological polar surface area (TPSA) is 92.7 Å². The van der Waals surface area contributed by atoms with Crippen molar-refractivity contribution in [3.63, 3.8) is 0 Å². The molecule has 108 valence electrons. The van der Waals surface area contributed by atoms with E-state index in [-0.39, 0.29) is 25.0 Å². The molecule has 0 rings (SSSR count). The maximum atomic E-state index is 11.5. The molecule has 0 saturated heterocycles. The maximum absolute atomic E-state index is 11.5. The average Bonchev–Trinajstić information content (AvgIpc) is 2.23. The van der Waals surface area contributed by atoms with Crippen molar-refractivity contribution in [2.45, 2.75) is 39.7 Å². The van der Waals surface area contributed by atoms with E-state index < -0.39 is 21.9 Å². The van der Waals surface area contributed by atoms with Gasteiger partial charge in [-0.1, -0.05) is 6.92 Å². The number of sulfonamides is 1. The van der Waals surface area contributed by atoms with Gasteiger partial charge in [-0.15, -0.1) is 0 Å². The van der Waals surface area contributed by atoms with Gasteiger partial charge < -0.3 is 9.84 Å². The van der Waals surface area contributed by atoms with Crippen LogP contribution in [0.3, 0.4) is 0 Å². The lowest BCUT2D eigenvalue weighted by Crippen LogP contribution is -2.30. The predicted octanol–water partition coefficient (Wildman–Crippen LogP) is 0.832. The fourth-order valence-corrected chi connectivity index (χ4v) is 2.14. The van der Waals surface area contributed by atoms with Crippen LogP contribution in [0, 0.1) is 5.92 Å². The Morgan fingerprint density at radius 2 is 1.94 bits per heavy atom. The molecule has 0 aromatic carbocycles. The van der Waals surface area contributed by atoms with Crippen LogP contribution in [0.2, 0.25) is 0 Å². The van der Waals surface area contributed by atoms with Crippen LogP contribution in [0.5, 0.6) is 0 Å². The fraction of sp³-hybridized carbons (Fsp3) is 0.909. The van der Waals surface area contributed by atoms with Gasteiger partial charge in [0.25, 0.3) is 0 Å². The molecule has 6 nitrogen and oxygen atoms in total. The summed E-state index contributed by atoms with van der Waals surface area (Å²) >= 11 is 0. The van der Waals surface area contributed by atoms with E-state index in [9.17, 15) is 13.2 Å². The Morgan fingerprint density at radius 1 is 1.33 bits per heavy atom. The minimum Gasteiger partial charge on any atom is -0.481 e. The second-order valence-electron chi connectivity index (χ2n) is 4.51. The van der Waals surface area contributed by atoms with Crippen LogP contribution in [0.15, 0.2) is 0 Å². The molecule has 0 bridgehead atoms. The average molecular weight is 281 g/mol. The monoisotopic (exact) mass is 281 g/mol. The van der Waals surface area contributed by atoms with E-state index >= 15 is 0 Å². The van der Waals surface area contributed by atoms with Crippen LogP contribution in [-0.4, -0.2) is 44.5 Å². The zero-order chi connectivity index (χ0) is 14.2. The van der Waals surface area contributed by atoms with Crippen molar-refractivity contribution >= 4 is 16.0 Å². The van der Waals surface area contributed by atoms with Crippen LogP contribution >= 0.6 is 0 Å². The highest BCUT2D eigenvalue weighted by Crippen LogP contribution is 2.04. The van der Waals surface area contributed by atoms with Gasteiger partial charge in [0.15, 0.2) is 0 Å². The van der Waals surface area contributed by atoms with Crippen molar-refractivity contribution in [3.8, 4) is 0 Å². The van der Waals surface area contributed by atoms with Gasteiger partial charge in [-0.05, 0) is 26.7 Å². The van der Waals surface area contributed by atoms with E-state index in [1.54, 1.807) is 6.92 Å². The molecule has 0 aliphatic rings. The summed E-state index contributed by atoms with van der Waals surface area (Å²) in [5.74, 6) is -1.37. The molecule has 0 heterocycles. The summed E-state index contributed by atoms with van der Waals surface area (Å²) in [5, 5.41) is 8.65. The lowest BCUT2D eigenvalue weighted by Gasteiger charge is -2.10. The number of hydrogen-bond donors (Lipinski definition) is 2. The number of hydrogen-bond acceptors (Lipinski definition) is 4. The molecule has 1 atom stereocenters. The van der Waals surface area contributed by atoms with Crippen LogP contribution in [-0.2, 0) is 19.6 Å². The molecule has 2 N–H and O–H groups in total. The third-order valence-corrected chi connectivity index (χ3v) is 3.71. The zero-order valence-corrected chi connectivity index (χ0v) is 12.0. The second kappa shape index (κ2) is 8.44. The molecule has 0 aliphatic heterocycles. The third-order valence-electron chi connectivity index (χ3n) is 2.36. The molecule has 1 unspecified atom stereocenters. The third kappa shape index (κ3) is 9.38. The number of rotatable bonds is 10. The molecule has 0 fully saturated rings. The summed E-state index contributed by atoms with van der Waals surface area (Å²) in [7, 11) is -3.32. The Labute approximate surface area is 109 Å². The van der Waals surface area contributed by atoms with Crippen molar-refractivity contribution in [3.05, 3.63) is 0 Å². The van der Waals surface area contributed by atoms with Crippen molar-refractivity contribution in [2.75, 3.05) is 18.9 Å². The Hall–Kier alpha value is -0.660. The summed E-state index contributed by atoms with van der Waals surface area (Å²) in [6.45, 7) is 5.72. The standard InChI is InChI=1S/C11H23NO5S/c1-9(2)17-7-8-18(15,16)12-6-4-5-10(3)11(13)14/h9-10,12H,4-8H2,1-3H3,(H,13,14). The first-order valence-electron chi connectivity index (χ1n) is 6.06. The first-order valence-corrected chi connectivity index (χ1v) is 7.71. The molecular weight excluding hydrogens is 258 g/mol. The Balaban J connectivity index is 3.74. The van der Waals surface area contributed by atoms with Gasteiger partial charge in [-0.25, -0.2) is 13.1 Å². The van der Waals surface area contributed by atoms with E-state index in [2.05, 4.69) is 4.72 Å². The molecule has 0 radical (unpaired) electrons. The highest BCUT2D eigenvalue weighted by atomic mass is 32.2. The Kier molecular flexibility index (Phi) is 8.13. The minimum atomic E-state index is -3.32. The SMILES string of the molecule is CC(C)OCCS(=O)(=O)NCCCC(C)C(=O)O. The second-order valence-corrected chi connectivity index (χ2v) is 6.44. The summed E-state index contributed by atoms with van der Waals surface area (Å²) < 4.78 is 30.5. The molecular formula is C11H23NO5S. The Morgan fingerprint density at radius 3 is 2.44 bits per heavy atom. The molecule has 7 heteroatoms.